The van der Waals surface area contributed by atoms with E-state index in [2.05, 4.69) is 0 Å². The largest absolute Gasteiger partial charge is 0.304 e. The van der Waals surface area contributed by atoms with Crippen molar-refractivity contribution >= 4 is 19.0 Å². The first-order chi connectivity index (χ1) is 5.11. The molecule has 0 saturated heterocycles. The van der Waals surface area contributed by atoms with Crippen molar-refractivity contribution in [3.8, 4) is 0 Å². The van der Waals surface area contributed by atoms with Gasteiger partial charge in [-0.25, -0.2) is 0 Å². The van der Waals surface area contributed by atoms with E-state index in [1.54, 1.807) is 7.85 Å². The number of benzene rings is 1. The molecule has 0 unspecified atom stereocenters. The van der Waals surface area contributed by atoms with Crippen LogP contribution in [0.3, 0.4) is 0 Å². The second-order valence-corrected chi connectivity index (χ2v) is 2.21. The van der Waals surface area contributed by atoms with Crippen molar-refractivity contribution in [1.29, 1.82) is 0 Å². The Balaban J connectivity index is 3.23. The van der Waals surface area contributed by atoms with Crippen molar-refractivity contribution in [3.05, 3.63) is 34.1 Å². The van der Waals surface area contributed by atoms with Gasteiger partial charge in [0.05, 0.1) is 4.92 Å². The van der Waals surface area contributed by atoms with Crippen LogP contribution in [0.25, 0.3) is 0 Å². The molecule has 56 valence electrons. The lowest BCUT2D eigenvalue weighted by Crippen LogP contribution is -2.04. The molecule has 5 heteroatoms. The highest BCUT2D eigenvalue weighted by Crippen LogP contribution is 2.12. The second kappa shape index (κ2) is 2.69. The van der Waals surface area contributed by atoms with Gasteiger partial charge in [-0.15, -0.1) is 0 Å². The van der Waals surface area contributed by atoms with Crippen LogP contribution in [0, 0.1) is 15.9 Å². The van der Waals surface area contributed by atoms with E-state index in [1.165, 1.54) is 12.1 Å². The highest BCUT2D eigenvalue weighted by molar-refractivity contribution is 6.32. The van der Waals surface area contributed by atoms with Gasteiger partial charge in [-0.2, -0.15) is 4.39 Å². The van der Waals surface area contributed by atoms with Gasteiger partial charge in [0.2, 0.25) is 0 Å². The number of hydrogen-bond acceptors (Lipinski definition) is 2. The molecule has 0 aliphatic rings. The first-order valence-corrected chi connectivity index (χ1v) is 3.02. The van der Waals surface area contributed by atoms with E-state index >= 15 is 0 Å². The van der Waals surface area contributed by atoms with Crippen molar-refractivity contribution in [3.63, 3.8) is 0 Å². The monoisotopic (exact) mass is 153 g/mol. The van der Waals surface area contributed by atoms with Crippen LogP contribution in [-0.2, 0) is 0 Å². The number of nitro groups is 1. The molecule has 0 N–H and O–H groups in total. The van der Waals surface area contributed by atoms with E-state index in [0.29, 0.717) is 5.46 Å². The topological polar surface area (TPSA) is 43.1 Å². The third-order valence-electron chi connectivity index (χ3n) is 1.30. The van der Waals surface area contributed by atoms with Crippen LogP contribution >= 0.6 is 0 Å². The lowest BCUT2D eigenvalue weighted by atomic mass is 9.96. The fourth-order valence-electron chi connectivity index (χ4n) is 0.763. The molecule has 0 spiro atoms. The zero-order chi connectivity index (χ0) is 8.43. The van der Waals surface area contributed by atoms with Crippen LogP contribution in [0.1, 0.15) is 0 Å². The van der Waals surface area contributed by atoms with Gasteiger partial charge in [0.25, 0.3) is 0 Å². The minimum atomic E-state index is -0.791. The van der Waals surface area contributed by atoms with Gasteiger partial charge in [-0.3, -0.25) is 10.1 Å². The Morgan fingerprint density at radius 1 is 1.55 bits per heavy atom. The molecule has 0 saturated carbocycles. The van der Waals surface area contributed by atoms with Crippen molar-refractivity contribution < 1.29 is 9.31 Å². The first kappa shape index (κ1) is 7.72. The zero-order valence-corrected chi connectivity index (χ0v) is 5.87. The van der Waals surface area contributed by atoms with Gasteiger partial charge in [-0.05, 0) is 6.07 Å². The van der Waals surface area contributed by atoms with Gasteiger partial charge >= 0.3 is 5.69 Å². The molecule has 3 nitrogen and oxygen atoms in total. The molecule has 11 heavy (non-hydrogen) atoms. The molecule has 1 aromatic rings. The Morgan fingerprint density at radius 3 is 2.64 bits per heavy atom. The van der Waals surface area contributed by atoms with Gasteiger partial charge in [0.15, 0.2) is 5.82 Å². The maximum absolute atomic E-state index is 12.6. The van der Waals surface area contributed by atoms with Crippen LogP contribution in [0.2, 0.25) is 0 Å². The van der Waals surface area contributed by atoms with E-state index in [-0.39, 0.29) is 0 Å². The molecule has 0 radical (unpaired) electrons. The van der Waals surface area contributed by atoms with Gasteiger partial charge in [0, 0.05) is 6.07 Å². The number of halogens is 1. The van der Waals surface area contributed by atoms with E-state index in [1.807, 2.05) is 0 Å². The SMILES string of the molecule is Bc1ccc(F)c([N+](=O)[O-])c1. The maximum atomic E-state index is 12.6. The summed E-state index contributed by atoms with van der Waals surface area (Å²) in [4.78, 5) is 9.41. The lowest BCUT2D eigenvalue weighted by Gasteiger charge is -1.93. The van der Waals surface area contributed by atoms with Crippen LogP contribution in [0.15, 0.2) is 18.2 Å². The first-order valence-electron chi connectivity index (χ1n) is 3.02. The summed E-state index contributed by atoms with van der Waals surface area (Å²) in [5.74, 6) is -0.791. The molecule has 0 atom stereocenters. The summed E-state index contributed by atoms with van der Waals surface area (Å²) in [5, 5.41) is 10.1. The highest BCUT2D eigenvalue weighted by Gasteiger charge is 2.11. The minimum absolute atomic E-state index is 0.468. The van der Waals surface area contributed by atoms with Crippen LogP contribution < -0.4 is 5.46 Å². The Bertz CT molecular complexity index is 303. The number of nitro benzene ring substituents is 1. The molecule has 0 aliphatic carbocycles. The maximum Gasteiger partial charge on any atom is 0.304 e. The van der Waals surface area contributed by atoms with E-state index in [0.717, 1.165) is 6.07 Å². The van der Waals surface area contributed by atoms with Crippen molar-refractivity contribution in [1.82, 2.24) is 0 Å². The molecule has 0 fully saturated rings. The van der Waals surface area contributed by atoms with Gasteiger partial charge in [-0.1, -0.05) is 11.5 Å². The standard InChI is InChI=1S/C6H5BFNO2/c7-4-1-2-5(8)6(3-4)9(10)11/h1-3H,7H2. The summed E-state index contributed by atoms with van der Waals surface area (Å²) in [7, 11) is 1.67. The normalized spacial score (nSPS) is 9.55. The van der Waals surface area contributed by atoms with Crippen molar-refractivity contribution in [2.24, 2.45) is 0 Å². The lowest BCUT2D eigenvalue weighted by molar-refractivity contribution is -0.387. The van der Waals surface area contributed by atoms with Crippen molar-refractivity contribution in [2.45, 2.75) is 0 Å². The van der Waals surface area contributed by atoms with Crippen molar-refractivity contribution in [2.75, 3.05) is 0 Å². The van der Waals surface area contributed by atoms with Crippen LogP contribution in [0.5, 0.6) is 0 Å². The fraction of sp³-hybridized carbons (Fsp3) is 0. The van der Waals surface area contributed by atoms with E-state index < -0.39 is 16.4 Å². The van der Waals surface area contributed by atoms with E-state index in [4.69, 9.17) is 0 Å². The number of rotatable bonds is 1. The average Bonchev–Trinajstić information content (AvgIpc) is 1.94. The highest BCUT2D eigenvalue weighted by atomic mass is 19.1. The molecule has 0 aliphatic heterocycles. The predicted molar refractivity (Wildman–Crippen MR) is 41.2 cm³/mol. The molecule has 0 bridgehead atoms. The third-order valence-corrected chi connectivity index (χ3v) is 1.30. The Morgan fingerprint density at radius 2 is 2.18 bits per heavy atom. The number of nitrogens with zero attached hydrogens (tertiary/aromatic N) is 1. The fourth-order valence-corrected chi connectivity index (χ4v) is 0.763. The summed E-state index contributed by atoms with van der Waals surface area (Å²) in [6.45, 7) is 0. The van der Waals surface area contributed by atoms with Crippen LogP contribution in [-0.4, -0.2) is 12.8 Å². The molecular weight excluding hydrogens is 148 g/mol. The quantitative estimate of drug-likeness (QED) is 0.323. The summed E-state index contributed by atoms with van der Waals surface area (Å²) in [5.41, 5.74) is 0.211. The third kappa shape index (κ3) is 1.55. The van der Waals surface area contributed by atoms with Crippen LogP contribution in [0.4, 0.5) is 10.1 Å². The molecule has 1 rings (SSSR count). The second-order valence-electron chi connectivity index (χ2n) is 2.21. The summed E-state index contributed by atoms with van der Waals surface area (Å²) < 4.78 is 12.6. The zero-order valence-electron chi connectivity index (χ0n) is 5.87. The molecular formula is C6H5BFNO2. The summed E-state index contributed by atoms with van der Waals surface area (Å²) in [6.07, 6.45) is 0. The predicted octanol–water partition coefficient (Wildman–Crippen LogP) is -0.00770. The van der Waals surface area contributed by atoms with Gasteiger partial charge < -0.3 is 0 Å². The molecule has 1 aromatic carbocycles. The van der Waals surface area contributed by atoms with Gasteiger partial charge in [0.1, 0.15) is 7.85 Å². The molecule has 0 amide bonds. The Hall–Kier alpha value is -1.39. The number of hydrogen-bond donors (Lipinski definition) is 0. The summed E-state index contributed by atoms with van der Waals surface area (Å²) in [6, 6.07) is 3.78. The molecule has 0 aromatic heterocycles. The minimum Gasteiger partial charge on any atom is -0.258 e. The smallest absolute Gasteiger partial charge is 0.258 e. The Labute approximate surface area is 63.4 Å². The Kier molecular flexibility index (Phi) is 1.89. The van der Waals surface area contributed by atoms with E-state index in [9.17, 15) is 14.5 Å². The molecule has 0 heterocycles. The summed E-state index contributed by atoms with van der Waals surface area (Å²) >= 11 is 0. The average molecular weight is 153 g/mol.